The Kier molecular flexibility index (Phi) is 4.47. The van der Waals surface area contributed by atoms with Crippen molar-refractivity contribution in [2.24, 2.45) is 7.05 Å². The molecule has 0 fully saturated rings. The van der Waals surface area contributed by atoms with Crippen molar-refractivity contribution in [1.82, 2.24) is 19.4 Å². The smallest absolute Gasteiger partial charge is 0.255 e. The predicted molar refractivity (Wildman–Crippen MR) is 116 cm³/mol. The number of amides is 1. The molecule has 0 saturated heterocycles. The number of imidazole rings is 1. The highest BCUT2D eigenvalue weighted by molar-refractivity contribution is 6.09. The second-order valence-electron chi connectivity index (χ2n) is 7.63. The molecule has 5 rings (SSSR count). The lowest BCUT2D eigenvalue weighted by Gasteiger charge is -2.20. The van der Waals surface area contributed by atoms with E-state index in [1.54, 1.807) is 17.4 Å². The van der Waals surface area contributed by atoms with E-state index in [-0.39, 0.29) is 5.91 Å². The van der Waals surface area contributed by atoms with Gasteiger partial charge in [0.1, 0.15) is 11.6 Å². The molecule has 0 spiro atoms. The van der Waals surface area contributed by atoms with Gasteiger partial charge in [0.05, 0.1) is 29.6 Å². The summed E-state index contributed by atoms with van der Waals surface area (Å²) in [6.07, 6.45) is 8.95. The SMILES string of the molecule is CN(Cc1nccn1C)C(=O)c1c2c(nc3ccccc13)/C(=C\c1ccco1)CC2. The van der Waals surface area contributed by atoms with Gasteiger partial charge in [0.15, 0.2) is 0 Å². The van der Waals surface area contributed by atoms with Crippen LogP contribution in [0.1, 0.15) is 39.6 Å². The summed E-state index contributed by atoms with van der Waals surface area (Å²) in [7, 11) is 3.76. The van der Waals surface area contributed by atoms with Gasteiger partial charge in [-0.3, -0.25) is 4.79 Å². The molecule has 0 aliphatic heterocycles. The molecule has 1 aromatic carbocycles. The van der Waals surface area contributed by atoms with E-state index in [2.05, 4.69) is 4.98 Å². The summed E-state index contributed by atoms with van der Waals surface area (Å²) in [6, 6.07) is 11.7. The highest BCUT2D eigenvalue weighted by atomic mass is 16.3. The molecule has 3 aromatic heterocycles. The molecule has 0 bridgehead atoms. The minimum atomic E-state index is -0.00732. The van der Waals surface area contributed by atoms with Gasteiger partial charge in [-0.1, -0.05) is 18.2 Å². The fourth-order valence-electron chi connectivity index (χ4n) is 4.09. The number of rotatable bonds is 4. The number of benzene rings is 1. The second kappa shape index (κ2) is 7.30. The molecule has 150 valence electrons. The first-order chi connectivity index (χ1) is 14.6. The largest absolute Gasteiger partial charge is 0.465 e. The molecule has 1 aliphatic rings. The fraction of sp³-hybridized carbons (Fsp3) is 0.208. The van der Waals surface area contributed by atoms with Gasteiger partial charge in [-0.15, -0.1) is 0 Å². The molecular formula is C24H22N4O2. The predicted octanol–water partition coefficient (Wildman–Crippen LogP) is 4.32. The van der Waals surface area contributed by atoms with E-state index in [1.165, 1.54) is 0 Å². The number of pyridine rings is 1. The van der Waals surface area contributed by atoms with Crippen LogP contribution in [0.3, 0.4) is 0 Å². The molecule has 0 saturated carbocycles. The van der Waals surface area contributed by atoms with Crippen LogP contribution in [0.2, 0.25) is 0 Å². The van der Waals surface area contributed by atoms with Crippen LogP contribution in [0.4, 0.5) is 0 Å². The monoisotopic (exact) mass is 398 g/mol. The van der Waals surface area contributed by atoms with Crippen LogP contribution in [0.5, 0.6) is 0 Å². The van der Waals surface area contributed by atoms with Crippen LogP contribution < -0.4 is 0 Å². The average Bonchev–Trinajstić information content (AvgIpc) is 3.49. The van der Waals surface area contributed by atoms with Crippen molar-refractivity contribution in [3.63, 3.8) is 0 Å². The van der Waals surface area contributed by atoms with Gasteiger partial charge in [0.25, 0.3) is 5.91 Å². The van der Waals surface area contributed by atoms with Gasteiger partial charge < -0.3 is 13.9 Å². The third-order valence-electron chi connectivity index (χ3n) is 5.66. The maximum absolute atomic E-state index is 13.6. The lowest BCUT2D eigenvalue weighted by molar-refractivity contribution is 0.0781. The number of aryl methyl sites for hydroxylation is 1. The average molecular weight is 398 g/mol. The first-order valence-electron chi connectivity index (χ1n) is 9.99. The van der Waals surface area contributed by atoms with E-state index in [0.29, 0.717) is 6.54 Å². The van der Waals surface area contributed by atoms with E-state index in [1.807, 2.05) is 67.3 Å². The van der Waals surface area contributed by atoms with Gasteiger partial charge in [-0.05, 0) is 48.3 Å². The standard InChI is InChI=1S/C24H22N4O2/c1-27-12-11-25-21(27)15-28(2)24(29)22-18-7-3-4-8-20(18)26-23-16(9-10-19(22)23)14-17-6-5-13-30-17/h3-8,11-14H,9-10,15H2,1-2H3/b16-14-. The van der Waals surface area contributed by atoms with Crippen molar-refractivity contribution >= 4 is 28.5 Å². The van der Waals surface area contributed by atoms with Gasteiger partial charge in [-0.25, -0.2) is 9.97 Å². The van der Waals surface area contributed by atoms with Gasteiger partial charge in [0.2, 0.25) is 0 Å². The normalized spacial score (nSPS) is 14.4. The zero-order valence-corrected chi connectivity index (χ0v) is 17.0. The van der Waals surface area contributed by atoms with Crippen LogP contribution in [0.15, 0.2) is 59.5 Å². The van der Waals surface area contributed by atoms with Crippen molar-refractivity contribution in [2.75, 3.05) is 7.05 Å². The summed E-state index contributed by atoms with van der Waals surface area (Å²) in [5.74, 6) is 1.64. The van der Waals surface area contributed by atoms with Gasteiger partial charge in [0, 0.05) is 31.9 Å². The van der Waals surface area contributed by atoms with Crippen LogP contribution >= 0.6 is 0 Å². The van der Waals surface area contributed by atoms with Crippen LogP contribution in [-0.4, -0.2) is 32.4 Å². The Balaban J connectivity index is 1.61. The Morgan fingerprint density at radius 1 is 1.23 bits per heavy atom. The van der Waals surface area contributed by atoms with E-state index in [0.717, 1.165) is 57.7 Å². The molecule has 3 heterocycles. The number of furan rings is 1. The number of para-hydroxylation sites is 1. The molecule has 0 N–H and O–H groups in total. The van der Waals surface area contributed by atoms with E-state index in [4.69, 9.17) is 9.40 Å². The van der Waals surface area contributed by atoms with Crippen LogP contribution in [0, 0.1) is 0 Å². The molecule has 0 unspecified atom stereocenters. The number of carbonyl (C=O) groups is 1. The van der Waals surface area contributed by atoms with Crippen molar-refractivity contribution in [2.45, 2.75) is 19.4 Å². The summed E-state index contributed by atoms with van der Waals surface area (Å²) in [5.41, 5.74) is 4.60. The van der Waals surface area contributed by atoms with E-state index in [9.17, 15) is 4.79 Å². The number of aromatic nitrogens is 3. The Labute approximate surface area is 174 Å². The molecule has 6 nitrogen and oxygen atoms in total. The molecule has 1 aliphatic carbocycles. The maximum atomic E-state index is 13.6. The van der Waals surface area contributed by atoms with Crippen LogP contribution in [0.25, 0.3) is 22.6 Å². The highest BCUT2D eigenvalue weighted by Crippen LogP contribution is 2.38. The number of nitrogens with zero attached hydrogens (tertiary/aromatic N) is 4. The number of fused-ring (bicyclic) bond motifs is 2. The van der Waals surface area contributed by atoms with Crippen molar-refractivity contribution < 1.29 is 9.21 Å². The Bertz CT molecular complexity index is 1270. The molecular weight excluding hydrogens is 376 g/mol. The Morgan fingerprint density at radius 3 is 2.87 bits per heavy atom. The second-order valence-corrected chi connectivity index (χ2v) is 7.63. The zero-order valence-electron chi connectivity index (χ0n) is 17.0. The fourth-order valence-corrected chi connectivity index (χ4v) is 4.09. The number of hydrogen-bond acceptors (Lipinski definition) is 4. The summed E-state index contributed by atoms with van der Waals surface area (Å²) in [6.45, 7) is 0.447. The summed E-state index contributed by atoms with van der Waals surface area (Å²) in [5, 5.41) is 0.896. The Morgan fingerprint density at radius 2 is 2.10 bits per heavy atom. The van der Waals surface area contributed by atoms with Gasteiger partial charge >= 0.3 is 0 Å². The lowest BCUT2D eigenvalue weighted by atomic mass is 9.99. The molecule has 0 atom stereocenters. The molecule has 0 radical (unpaired) electrons. The van der Waals surface area contributed by atoms with Crippen LogP contribution in [-0.2, 0) is 20.0 Å². The molecule has 30 heavy (non-hydrogen) atoms. The van der Waals surface area contributed by atoms with E-state index < -0.39 is 0 Å². The molecule has 4 aromatic rings. The highest BCUT2D eigenvalue weighted by Gasteiger charge is 2.28. The van der Waals surface area contributed by atoms with Crippen molar-refractivity contribution in [1.29, 1.82) is 0 Å². The maximum Gasteiger partial charge on any atom is 0.255 e. The van der Waals surface area contributed by atoms with E-state index >= 15 is 0 Å². The summed E-state index contributed by atoms with van der Waals surface area (Å²) < 4.78 is 7.43. The minimum Gasteiger partial charge on any atom is -0.465 e. The molecule has 6 heteroatoms. The number of allylic oxidation sites excluding steroid dienone is 1. The third-order valence-corrected chi connectivity index (χ3v) is 5.66. The first kappa shape index (κ1) is 18.4. The Hall–Kier alpha value is -3.67. The summed E-state index contributed by atoms with van der Waals surface area (Å²) in [4.78, 5) is 24.6. The zero-order chi connectivity index (χ0) is 20.7. The van der Waals surface area contributed by atoms with Crippen molar-refractivity contribution in [3.8, 4) is 0 Å². The van der Waals surface area contributed by atoms with Crippen molar-refractivity contribution in [3.05, 3.63) is 83.5 Å². The topological polar surface area (TPSA) is 64.2 Å². The minimum absolute atomic E-state index is 0.00732. The first-order valence-corrected chi connectivity index (χ1v) is 9.99. The number of hydrogen-bond donors (Lipinski definition) is 0. The van der Waals surface area contributed by atoms with Gasteiger partial charge in [-0.2, -0.15) is 0 Å². The summed E-state index contributed by atoms with van der Waals surface area (Å²) >= 11 is 0. The lowest BCUT2D eigenvalue weighted by Crippen LogP contribution is -2.28. The third kappa shape index (κ3) is 3.10. The molecule has 1 amide bonds. The number of carbonyl (C=O) groups excluding carboxylic acids is 1. The quantitative estimate of drug-likeness (QED) is 0.514.